The van der Waals surface area contributed by atoms with Gasteiger partial charge in [0.1, 0.15) is 17.1 Å². The average Bonchev–Trinajstić information content (AvgIpc) is 2.67. The van der Waals surface area contributed by atoms with Gasteiger partial charge in [0.25, 0.3) is 5.56 Å². The number of halogens is 1. The molecule has 1 aliphatic rings. The monoisotopic (exact) mass is 431 g/mol. The molecule has 1 amide bonds. The molecule has 168 valence electrons. The molecule has 8 nitrogen and oxygen atoms in total. The topological polar surface area (TPSA) is 89.3 Å². The normalized spacial score (nSPS) is 16.8. The first-order valence-corrected chi connectivity index (χ1v) is 10.5. The molecule has 0 spiro atoms. The van der Waals surface area contributed by atoms with Crippen LogP contribution in [-0.2, 0) is 11.3 Å². The predicted octanol–water partition coefficient (Wildman–Crippen LogP) is 2.94. The fourth-order valence-electron chi connectivity index (χ4n) is 3.61. The van der Waals surface area contributed by atoms with Crippen LogP contribution in [0.15, 0.2) is 23.0 Å². The standard InChI is InChI=1S/C22H30FN5O3/c1-14-8-9-17(23)11-16(14)12-28-19(29)15(2)25-26-20(28)27-10-6-7-18(13-27)24-21(30)31-22(3,4)5/h8-9,11,18H,6-7,10,12-13H2,1-5H3,(H,24,30)/t18-/m1/s1. The van der Waals surface area contributed by atoms with Gasteiger partial charge in [-0.3, -0.25) is 9.36 Å². The van der Waals surface area contributed by atoms with Crippen molar-refractivity contribution in [1.82, 2.24) is 20.1 Å². The fourth-order valence-corrected chi connectivity index (χ4v) is 3.61. The van der Waals surface area contributed by atoms with Crippen molar-refractivity contribution in [3.63, 3.8) is 0 Å². The molecule has 1 N–H and O–H groups in total. The molecular weight excluding hydrogens is 401 g/mol. The predicted molar refractivity (Wildman–Crippen MR) is 116 cm³/mol. The van der Waals surface area contributed by atoms with Crippen LogP contribution in [0.3, 0.4) is 0 Å². The Morgan fingerprint density at radius 1 is 1.29 bits per heavy atom. The molecule has 2 aromatic rings. The lowest BCUT2D eigenvalue weighted by atomic mass is 10.1. The van der Waals surface area contributed by atoms with Crippen molar-refractivity contribution in [2.24, 2.45) is 0 Å². The zero-order valence-corrected chi connectivity index (χ0v) is 18.7. The summed E-state index contributed by atoms with van der Waals surface area (Å²) in [5, 5.41) is 11.2. The van der Waals surface area contributed by atoms with Crippen molar-refractivity contribution in [3.8, 4) is 0 Å². The molecule has 9 heteroatoms. The Hall–Kier alpha value is -2.97. The Bertz CT molecular complexity index is 1020. The van der Waals surface area contributed by atoms with Gasteiger partial charge in [0.2, 0.25) is 5.95 Å². The lowest BCUT2D eigenvalue weighted by Crippen LogP contribution is -2.50. The maximum atomic E-state index is 13.8. The molecule has 0 bridgehead atoms. The average molecular weight is 432 g/mol. The number of hydrogen-bond donors (Lipinski definition) is 1. The minimum atomic E-state index is -0.579. The smallest absolute Gasteiger partial charge is 0.407 e. The van der Waals surface area contributed by atoms with E-state index in [-0.39, 0.29) is 29.7 Å². The van der Waals surface area contributed by atoms with Crippen LogP contribution in [0.2, 0.25) is 0 Å². The number of benzene rings is 1. The first-order valence-electron chi connectivity index (χ1n) is 10.5. The number of rotatable bonds is 4. The van der Waals surface area contributed by atoms with Crippen LogP contribution in [0.5, 0.6) is 0 Å². The highest BCUT2D eigenvalue weighted by Crippen LogP contribution is 2.20. The molecule has 1 aromatic carbocycles. The molecule has 3 rings (SSSR count). The molecule has 0 radical (unpaired) electrons. The highest BCUT2D eigenvalue weighted by Gasteiger charge is 2.27. The zero-order valence-electron chi connectivity index (χ0n) is 18.7. The van der Waals surface area contributed by atoms with Crippen molar-refractivity contribution in [2.75, 3.05) is 18.0 Å². The van der Waals surface area contributed by atoms with E-state index in [0.717, 1.165) is 18.4 Å². The van der Waals surface area contributed by atoms with Crippen LogP contribution in [0.1, 0.15) is 50.4 Å². The van der Waals surface area contributed by atoms with E-state index in [0.29, 0.717) is 24.6 Å². The highest BCUT2D eigenvalue weighted by atomic mass is 19.1. The van der Waals surface area contributed by atoms with E-state index in [2.05, 4.69) is 15.5 Å². The number of carbonyl (C=O) groups excluding carboxylic acids is 1. The van der Waals surface area contributed by atoms with Gasteiger partial charge in [-0.1, -0.05) is 6.07 Å². The molecule has 1 atom stereocenters. The Morgan fingerprint density at radius 3 is 2.74 bits per heavy atom. The molecule has 1 fully saturated rings. The molecule has 0 aliphatic carbocycles. The number of nitrogens with one attached hydrogen (secondary N) is 1. The summed E-state index contributed by atoms with van der Waals surface area (Å²) in [7, 11) is 0. The van der Waals surface area contributed by atoms with Crippen LogP contribution in [0, 0.1) is 19.7 Å². The number of hydrogen-bond acceptors (Lipinski definition) is 6. The largest absolute Gasteiger partial charge is 0.444 e. The number of alkyl carbamates (subject to hydrolysis) is 1. The summed E-state index contributed by atoms with van der Waals surface area (Å²) in [6.45, 7) is 10.3. The van der Waals surface area contributed by atoms with Crippen LogP contribution >= 0.6 is 0 Å². The van der Waals surface area contributed by atoms with Gasteiger partial charge in [-0.25, -0.2) is 9.18 Å². The summed E-state index contributed by atoms with van der Waals surface area (Å²) in [4.78, 5) is 27.0. The van der Waals surface area contributed by atoms with Gasteiger partial charge in [-0.15, -0.1) is 10.2 Å². The van der Waals surface area contributed by atoms with Crippen molar-refractivity contribution >= 4 is 12.0 Å². The summed E-state index contributed by atoms with van der Waals surface area (Å²) in [6, 6.07) is 4.38. The summed E-state index contributed by atoms with van der Waals surface area (Å²) in [5.41, 5.74) is 1.02. The second-order valence-electron chi connectivity index (χ2n) is 8.98. The first kappa shape index (κ1) is 22.7. The van der Waals surface area contributed by atoms with Crippen LogP contribution in [0.4, 0.5) is 15.1 Å². The number of aromatic nitrogens is 3. The third kappa shape index (κ3) is 5.80. The SMILES string of the molecule is Cc1ccc(F)cc1Cn1c(N2CCC[C@@H](NC(=O)OC(C)(C)C)C2)nnc(C)c1=O. The molecule has 1 aromatic heterocycles. The second-order valence-corrected chi connectivity index (χ2v) is 8.98. The Kier molecular flexibility index (Phi) is 6.62. The third-order valence-corrected chi connectivity index (χ3v) is 5.15. The quantitative estimate of drug-likeness (QED) is 0.801. The number of piperidine rings is 1. The third-order valence-electron chi connectivity index (χ3n) is 5.15. The van der Waals surface area contributed by atoms with Crippen LogP contribution in [0.25, 0.3) is 0 Å². The summed E-state index contributed by atoms with van der Waals surface area (Å²) < 4.78 is 20.7. The van der Waals surface area contributed by atoms with E-state index in [1.807, 2.05) is 32.6 Å². The molecule has 2 heterocycles. The molecule has 0 saturated carbocycles. The van der Waals surface area contributed by atoms with Crippen molar-refractivity contribution < 1.29 is 13.9 Å². The van der Waals surface area contributed by atoms with Gasteiger partial charge in [0.05, 0.1) is 6.54 Å². The maximum absolute atomic E-state index is 13.8. The number of nitrogens with zero attached hydrogens (tertiary/aromatic N) is 4. The van der Waals surface area contributed by atoms with Gasteiger partial charge in [0, 0.05) is 19.1 Å². The number of ether oxygens (including phenoxy) is 1. The van der Waals surface area contributed by atoms with E-state index in [1.54, 1.807) is 13.0 Å². The van der Waals surface area contributed by atoms with Gasteiger partial charge in [0.15, 0.2) is 0 Å². The van der Waals surface area contributed by atoms with Crippen molar-refractivity contribution in [1.29, 1.82) is 0 Å². The van der Waals surface area contributed by atoms with Crippen molar-refractivity contribution in [3.05, 3.63) is 51.2 Å². The molecule has 1 saturated heterocycles. The second kappa shape index (κ2) is 9.03. The first-order chi connectivity index (χ1) is 14.5. The van der Waals surface area contributed by atoms with Gasteiger partial charge < -0.3 is 15.0 Å². The van der Waals surface area contributed by atoms with E-state index in [4.69, 9.17) is 4.74 Å². The fraction of sp³-hybridized carbons (Fsp3) is 0.545. The lowest BCUT2D eigenvalue weighted by Gasteiger charge is -2.35. The summed E-state index contributed by atoms with van der Waals surface area (Å²) in [5.74, 6) is 0.0588. The number of aryl methyl sites for hydroxylation is 2. The molecular formula is C22H30FN5O3. The van der Waals surface area contributed by atoms with Gasteiger partial charge in [-0.2, -0.15) is 0 Å². The van der Waals surface area contributed by atoms with E-state index in [1.165, 1.54) is 16.7 Å². The summed E-state index contributed by atoms with van der Waals surface area (Å²) in [6.07, 6.45) is 1.13. The van der Waals surface area contributed by atoms with Crippen LogP contribution < -0.4 is 15.8 Å². The van der Waals surface area contributed by atoms with Gasteiger partial charge in [-0.05, 0) is 70.7 Å². The van der Waals surface area contributed by atoms with Crippen LogP contribution in [-0.4, -0.2) is 45.6 Å². The van der Waals surface area contributed by atoms with E-state index < -0.39 is 11.7 Å². The Balaban J connectivity index is 1.85. The van der Waals surface area contributed by atoms with E-state index >= 15 is 0 Å². The Labute approximate surface area is 181 Å². The molecule has 0 unspecified atom stereocenters. The molecule has 31 heavy (non-hydrogen) atoms. The number of anilines is 1. The minimum Gasteiger partial charge on any atom is -0.444 e. The Morgan fingerprint density at radius 2 is 2.03 bits per heavy atom. The lowest BCUT2D eigenvalue weighted by molar-refractivity contribution is 0.0499. The summed E-state index contributed by atoms with van der Waals surface area (Å²) >= 11 is 0. The van der Waals surface area contributed by atoms with Crippen molar-refractivity contribution in [2.45, 2.75) is 65.6 Å². The molecule has 1 aliphatic heterocycles. The van der Waals surface area contributed by atoms with E-state index in [9.17, 15) is 14.0 Å². The highest BCUT2D eigenvalue weighted by molar-refractivity contribution is 5.68. The maximum Gasteiger partial charge on any atom is 0.407 e. The zero-order chi connectivity index (χ0) is 22.8. The van der Waals surface area contributed by atoms with Gasteiger partial charge >= 0.3 is 6.09 Å². The number of amides is 1. The number of carbonyl (C=O) groups is 1. The minimum absolute atomic E-state index is 0.147.